The van der Waals surface area contributed by atoms with E-state index in [0.717, 1.165) is 12.8 Å². The van der Waals surface area contributed by atoms with E-state index >= 15 is 0 Å². The van der Waals surface area contributed by atoms with Gasteiger partial charge in [0.25, 0.3) is 0 Å². The Morgan fingerprint density at radius 3 is 2.00 bits per heavy atom. The van der Waals surface area contributed by atoms with Crippen molar-refractivity contribution in [3.8, 4) is 0 Å². The predicted octanol–water partition coefficient (Wildman–Crippen LogP) is 3.92. The topological polar surface area (TPSA) is 0 Å². The second-order valence-electron chi connectivity index (χ2n) is 3.16. The van der Waals surface area contributed by atoms with E-state index in [0.29, 0.717) is 5.92 Å². The minimum absolute atomic E-state index is 0.552. The summed E-state index contributed by atoms with van der Waals surface area (Å²) < 4.78 is 0. The second-order valence-corrected chi connectivity index (χ2v) is 3.16. The Bertz CT molecular complexity index is 249. The molecular formula is C13H16. The van der Waals surface area contributed by atoms with Crippen molar-refractivity contribution in [3.63, 3.8) is 0 Å². The zero-order valence-electron chi connectivity index (χ0n) is 7.95. The molecule has 68 valence electrons. The molecule has 0 amide bonds. The van der Waals surface area contributed by atoms with Gasteiger partial charge in [0.2, 0.25) is 0 Å². The van der Waals surface area contributed by atoms with Crippen LogP contribution in [0.3, 0.4) is 0 Å². The van der Waals surface area contributed by atoms with E-state index in [9.17, 15) is 0 Å². The molecular weight excluding hydrogens is 156 g/mol. The summed E-state index contributed by atoms with van der Waals surface area (Å²) in [4.78, 5) is 0. The van der Waals surface area contributed by atoms with E-state index < -0.39 is 0 Å². The zero-order chi connectivity index (χ0) is 9.52. The van der Waals surface area contributed by atoms with Crippen molar-refractivity contribution >= 4 is 0 Å². The monoisotopic (exact) mass is 172 g/mol. The summed E-state index contributed by atoms with van der Waals surface area (Å²) in [5, 5.41) is 0. The highest BCUT2D eigenvalue weighted by Crippen LogP contribution is 2.23. The first-order valence-corrected chi connectivity index (χ1v) is 4.65. The van der Waals surface area contributed by atoms with E-state index in [1.807, 2.05) is 18.2 Å². The Morgan fingerprint density at radius 2 is 1.54 bits per heavy atom. The van der Waals surface area contributed by atoms with Crippen molar-refractivity contribution < 1.29 is 0 Å². The first-order chi connectivity index (χ1) is 6.38. The summed E-state index contributed by atoms with van der Waals surface area (Å²) in [5.41, 5.74) is 1.38. The van der Waals surface area contributed by atoms with Crippen molar-refractivity contribution in [1.82, 2.24) is 0 Å². The van der Waals surface area contributed by atoms with Crippen molar-refractivity contribution in [3.05, 3.63) is 61.2 Å². The largest absolute Gasteiger partial charge is 0.103 e. The third kappa shape index (κ3) is 2.90. The standard InChI is InChI=1S/C13H16/c1-3-8-12(9-4-2)13-10-6-5-7-11-13/h3-7,10-12H,1-2,8-9H2. The summed E-state index contributed by atoms with van der Waals surface area (Å²) in [6.07, 6.45) is 5.99. The van der Waals surface area contributed by atoms with Crippen LogP contribution in [0.4, 0.5) is 0 Å². The highest BCUT2D eigenvalue weighted by atomic mass is 14.1. The van der Waals surface area contributed by atoms with Gasteiger partial charge in [0, 0.05) is 0 Å². The Balaban J connectivity index is 2.75. The number of rotatable bonds is 5. The average molecular weight is 172 g/mol. The third-order valence-electron chi connectivity index (χ3n) is 2.17. The van der Waals surface area contributed by atoms with Crippen LogP contribution < -0.4 is 0 Å². The molecule has 0 aliphatic carbocycles. The molecule has 0 atom stereocenters. The zero-order valence-corrected chi connectivity index (χ0v) is 7.95. The van der Waals surface area contributed by atoms with E-state index in [1.54, 1.807) is 0 Å². The van der Waals surface area contributed by atoms with Gasteiger partial charge in [-0.1, -0.05) is 42.5 Å². The number of allylic oxidation sites excluding steroid dienone is 2. The first kappa shape index (κ1) is 9.79. The van der Waals surface area contributed by atoms with Gasteiger partial charge in [0.1, 0.15) is 0 Å². The lowest BCUT2D eigenvalue weighted by atomic mass is 9.93. The van der Waals surface area contributed by atoms with Crippen LogP contribution in [0.15, 0.2) is 55.6 Å². The van der Waals surface area contributed by atoms with Gasteiger partial charge >= 0.3 is 0 Å². The molecule has 0 N–H and O–H groups in total. The first-order valence-electron chi connectivity index (χ1n) is 4.65. The molecule has 0 saturated heterocycles. The fourth-order valence-corrected chi connectivity index (χ4v) is 1.50. The van der Waals surface area contributed by atoms with Crippen molar-refractivity contribution in [2.24, 2.45) is 0 Å². The molecule has 1 rings (SSSR count). The minimum atomic E-state index is 0.552. The maximum atomic E-state index is 3.77. The number of benzene rings is 1. The average Bonchev–Trinajstić information content (AvgIpc) is 2.19. The quantitative estimate of drug-likeness (QED) is 0.590. The molecule has 0 spiro atoms. The molecule has 0 unspecified atom stereocenters. The summed E-state index contributed by atoms with van der Waals surface area (Å²) in [6, 6.07) is 10.5. The van der Waals surface area contributed by atoms with Crippen LogP contribution in [0.5, 0.6) is 0 Å². The van der Waals surface area contributed by atoms with E-state index in [4.69, 9.17) is 0 Å². The molecule has 0 saturated carbocycles. The summed E-state index contributed by atoms with van der Waals surface area (Å²) in [6.45, 7) is 7.55. The Labute approximate surface area is 80.6 Å². The van der Waals surface area contributed by atoms with Crippen LogP contribution >= 0.6 is 0 Å². The maximum Gasteiger partial charge on any atom is -0.00930 e. The molecule has 0 nitrogen and oxygen atoms in total. The van der Waals surface area contributed by atoms with Gasteiger partial charge in [-0.2, -0.15) is 0 Å². The lowest BCUT2D eigenvalue weighted by molar-refractivity contribution is 0.714. The smallest absolute Gasteiger partial charge is 0.00930 e. The van der Waals surface area contributed by atoms with Crippen molar-refractivity contribution in [1.29, 1.82) is 0 Å². The molecule has 1 aromatic carbocycles. The van der Waals surface area contributed by atoms with E-state index in [-0.39, 0.29) is 0 Å². The maximum absolute atomic E-state index is 3.77. The van der Waals surface area contributed by atoms with Gasteiger partial charge in [-0.05, 0) is 24.3 Å². The highest BCUT2D eigenvalue weighted by molar-refractivity contribution is 5.20. The van der Waals surface area contributed by atoms with Crippen LogP contribution in [0.1, 0.15) is 24.3 Å². The van der Waals surface area contributed by atoms with Gasteiger partial charge in [-0.15, -0.1) is 13.2 Å². The van der Waals surface area contributed by atoms with Crippen LogP contribution in [0, 0.1) is 0 Å². The molecule has 0 radical (unpaired) electrons. The van der Waals surface area contributed by atoms with E-state index in [2.05, 4.69) is 37.4 Å². The van der Waals surface area contributed by atoms with Crippen molar-refractivity contribution in [2.45, 2.75) is 18.8 Å². The molecule has 0 bridgehead atoms. The second kappa shape index (κ2) is 5.36. The summed E-state index contributed by atoms with van der Waals surface area (Å²) >= 11 is 0. The molecule has 13 heavy (non-hydrogen) atoms. The molecule has 0 aromatic heterocycles. The summed E-state index contributed by atoms with van der Waals surface area (Å²) in [7, 11) is 0. The van der Waals surface area contributed by atoms with Gasteiger partial charge in [0.15, 0.2) is 0 Å². The summed E-state index contributed by atoms with van der Waals surface area (Å²) in [5.74, 6) is 0.552. The predicted molar refractivity (Wildman–Crippen MR) is 58.8 cm³/mol. The Morgan fingerprint density at radius 1 is 1.00 bits per heavy atom. The van der Waals surface area contributed by atoms with E-state index in [1.165, 1.54) is 5.56 Å². The third-order valence-corrected chi connectivity index (χ3v) is 2.17. The Kier molecular flexibility index (Phi) is 4.04. The molecule has 1 aromatic rings. The van der Waals surface area contributed by atoms with Gasteiger partial charge in [-0.3, -0.25) is 0 Å². The lowest BCUT2D eigenvalue weighted by Gasteiger charge is -2.12. The number of hydrogen-bond acceptors (Lipinski definition) is 0. The molecule has 0 heteroatoms. The fourth-order valence-electron chi connectivity index (χ4n) is 1.50. The normalized spacial score (nSPS) is 9.92. The molecule has 0 aliphatic rings. The van der Waals surface area contributed by atoms with Crippen LogP contribution in [0.2, 0.25) is 0 Å². The number of hydrogen-bond donors (Lipinski definition) is 0. The molecule has 0 heterocycles. The fraction of sp³-hybridized carbons (Fsp3) is 0.231. The van der Waals surface area contributed by atoms with Crippen LogP contribution in [-0.4, -0.2) is 0 Å². The lowest BCUT2D eigenvalue weighted by Crippen LogP contribution is -1.95. The molecule has 0 fully saturated rings. The van der Waals surface area contributed by atoms with Crippen LogP contribution in [-0.2, 0) is 0 Å². The van der Waals surface area contributed by atoms with Gasteiger partial charge in [0.05, 0.1) is 0 Å². The highest BCUT2D eigenvalue weighted by Gasteiger charge is 2.06. The van der Waals surface area contributed by atoms with Crippen LogP contribution in [0.25, 0.3) is 0 Å². The van der Waals surface area contributed by atoms with Crippen molar-refractivity contribution in [2.75, 3.05) is 0 Å². The minimum Gasteiger partial charge on any atom is -0.103 e. The molecule has 0 aliphatic heterocycles. The van der Waals surface area contributed by atoms with Gasteiger partial charge < -0.3 is 0 Å². The van der Waals surface area contributed by atoms with Gasteiger partial charge in [-0.25, -0.2) is 0 Å². The SMILES string of the molecule is C=CCC(CC=C)c1ccccc1. The Hall–Kier alpha value is -1.30.